The molecule has 138 valence electrons. The number of pyridine rings is 1. The Morgan fingerprint density at radius 1 is 1.35 bits per heavy atom. The van der Waals surface area contributed by atoms with E-state index in [0.717, 1.165) is 18.7 Å². The lowest BCUT2D eigenvalue weighted by atomic mass is 10.0. The molecule has 3 rings (SSSR count). The van der Waals surface area contributed by atoms with Gasteiger partial charge in [0.2, 0.25) is 0 Å². The predicted molar refractivity (Wildman–Crippen MR) is 97.4 cm³/mol. The minimum Gasteiger partial charge on any atom is -0.387 e. The van der Waals surface area contributed by atoms with Crippen molar-refractivity contribution >= 4 is 5.91 Å². The molecule has 1 saturated heterocycles. The van der Waals surface area contributed by atoms with Crippen LogP contribution in [0.1, 0.15) is 35.0 Å². The molecule has 0 aliphatic carbocycles. The van der Waals surface area contributed by atoms with Crippen LogP contribution in [0.2, 0.25) is 0 Å². The molecule has 1 amide bonds. The number of carbonyl (C=O) groups is 1. The lowest BCUT2D eigenvalue weighted by Crippen LogP contribution is -2.45. The quantitative estimate of drug-likeness (QED) is 0.840. The Balaban J connectivity index is 1.64. The van der Waals surface area contributed by atoms with Gasteiger partial charge in [0.25, 0.3) is 5.91 Å². The standard InChI is InChI=1S/C19H25N5O2/c1-3-23(11-16-4-7-20-8-5-16)12-19(26)6-9-24(13-19)18(25)17-10-21-14-22-15(17)2/h4-5,7-8,10,14,26H,3,6,9,11-13H2,1-2H3/t19-/m1/s1. The second kappa shape index (κ2) is 7.88. The molecule has 7 heteroatoms. The predicted octanol–water partition coefficient (Wildman–Crippen LogP) is 1.28. The van der Waals surface area contributed by atoms with E-state index in [1.54, 1.807) is 30.4 Å². The summed E-state index contributed by atoms with van der Waals surface area (Å²) in [7, 11) is 0. The van der Waals surface area contributed by atoms with E-state index in [4.69, 9.17) is 0 Å². The van der Waals surface area contributed by atoms with Gasteiger partial charge in [0.1, 0.15) is 6.33 Å². The molecule has 0 saturated carbocycles. The fourth-order valence-electron chi connectivity index (χ4n) is 3.37. The molecule has 2 aromatic heterocycles. The van der Waals surface area contributed by atoms with Crippen molar-refractivity contribution in [1.29, 1.82) is 0 Å². The maximum atomic E-state index is 12.7. The maximum Gasteiger partial charge on any atom is 0.257 e. The van der Waals surface area contributed by atoms with E-state index in [1.165, 1.54) is 6.33 Å². The fraction of sp³-hybridized carbons (Fsp3) is 0.474. The van der Waals surface area contributed by atoms with E-state index >= 15 is 0 Å². The van der Waals surface area contributed by atoms with E-state index in [2.05, 4.69) is 26.8 Å². The van der Waals surface area contributed by atoms with E-state index in [-0.39, 0.29) is 5.91 Å². The normalized spacial score (nSPS) is 19.9. The van der Waals surface area contributed by atoms with Crippen molar-refractivity contribution in [2.24, 2.45) is 0 Å². The molecule has 1 N–H and O–H groups in total. The van der Waals surface area contributed by atoms with Gasteiger partial charge in [-0.3, -0.25) is 14.7 Å². The number of hydrogen-bond donors (Lipinski definition) is 1. The number of aliphatic hydroxyl groups is 1. The van der Waals surface area contributed by atoms with E-state index in [1.807, 2.05) is 12.1 Å². The van der Waals surface area contributed by atoms with Crippen molar-refractivity contribution in [3.63, 3.8) is 0 Å². The van der Waals surface area contributed by atoms with Crippen LogP contribution in [-0.4, -0.2) is 67.5 Å². The Kier molecular flexibility index (Phi) is 5.58. The lowest BCUT2D eigenvalue weighted by molar-refractivity contribution is 0.0108. The molecular formula is C19H25N5O2. The highest BCUT2D eigenvalue weighted by atomic mass is 16.3. The number of nitrogens with zero attached hydrogens (tertiary/aromatic N) is 5. The zero-order valence-corrected chi connectivity index (χ0v) is 15.3. The van der Waals surface area contributed by atoms with Gasteiger partial charge in [0.15, 0.2) is 0 Å². The fourth-order valence-corrected chi connectivity index (χ4v) is 3.37. The summed E-state index contributed by atoms with van der Waals surface area (Å²) >= 11 is 0. The summed E-state index contributed by atoms with van der Waals surface area (Å²) in [6.45, 7) is 6.84. The van der Waals surface area contributed by atoms with Gasteiger partial charge >= 0.3 is 0 Å². The summed E-state index contributed by atoms with van der Waals surface area (Å²) in [4.78, 5) is 28.7. The number of likely N-dealkylation sites (tertiary alicyclic amines) is 1. The van der Waals surface area contributed by atoms with Gasteiger partial charge in [-0.25, -0.2) is 9.97 Å². The molecule has 2 aromatic rings. The number of carbonyl (C=O) groups excluding carboxylic acids is 1. The number of aryl methyl sites for hydroxylation is 1. The minimum absolute atomic E-state index is 0.115. The topological polar surface area (TPSA) is 82.5 Å². The monoisotopic (exact) mass is 355 g/mol. The molecular weight excluding hydrogens is 330 g/mol. The van der Waals surface area contributed by atoms with Gasteiger partial charge in [0, 0.05) is 38.2 Å². The first-order valence-corrected chi connectivity index (χ1v) is 8.90. The summed E-state index contributed by atoms with van der Waals surface area (Å²) in [5, 5.41) is 11.0. The summed E-state index contributed by atoms with van der Waals surface area (Å²) in [6, 6.07) is 3.96. The Hall–Kier alpha value is -2.38. The largest absolute Gasteiger partial charge is 0.387 e. The van der Waals surface area contributed by atoms with Crippen LogP contribution in [0.5, 0.6) is 0 Å². The molecule has 0 spiro atoms. The molecule has 1 aliphatic rings. The van der Waals surface area contributed by atoms with Crippen LogP contribution in [0.15, 0.2) is 37.1 Å². The highest BCUT2D eigenvalue weighted by molar-refractivity contribution is 5.95. The van der Waals surface area contributed by atoms with Gasteiger partial charge in [-0.05, 0) is 37.6 Å². The van der Waals surface area contributed by atoms with Crippen molar-refractivity contribution in [3.05, 3.63) is 53.9 Å². The molecule has 0 aromatic carbocycles. The van der Waals surface area contributed by atoms with Crippen molar-refractivity contribution in [2.75, 3.05) is 26.2 Å². The molecule has 0 radical (unpaired) electrons. The van der Waals surface area contributed by atoms with E-state index in [0.29, 0.717) is 37.3 Å². The first kappa shape index (κ1) is 18.4. The van der Waals surface area contributed by atoms with Gasteiger partial charge in [0.05, 0.1) is 23.4 Å². The molecule has 0 unspecified atom stereocenters. The lowest BCUT2D eigenvalue weighted by Gasteiger charge is -2.30. The average molecular weight is 355 g/mol. The SMILES string of the molecule is CCN(Cc1ccncc1)C[C@]1(O)CCN(C(=O)c2cncnc2C)C1. The summed E-state index contributed by atoms with van der Waals surface area (Å²) < 4.78 is 0. The number of amides is 1. The van der Waals surface area contributed by atoms with Crippen LogP contribution >= 0.6 is 0 Å². The molecule has 7 nitrogen and oxygen atoms in total. The Morgan fingerprint density at radius 3 is 2.81 bits per heavy atom. The third-order valence-corrected chi connectivity index (χ3v) is 4.88. The zero-order valence-electron chi connectivity index (χ0n) is 15.3. The Labute approximate surface area is 153 Å². The van der Waals surface area contributed by atoms with Crippen molar-refractivity contribution in [2.45, 2.75) is 32.4 Å². The van der Waals surface area contributed by atoms with Crippen LogP contribution in [0.4, 0.5) is 0 Å². The second-order valence-electron chi connectivity index (χ2n) is 6.88. The third kappa shape index (κ3) is 4.23. The van der Waals surface area contributed by atoms with E-state index < -0.39 is 5.60 Å². The second-order valence-corrected chi connectivity index (χ2v) is 6.88. The number of hydrogen-bond acceptors (Lipinski definition) is 6. The number of β-amino-alcohol motifs (C(OH)–C–C–N with tert-alkyl or cyclic N) is 1. The van der Waals surface area contributed by atoms with Gasteiger partial charge in [-0.2, -0.15) is 0 Å². The summed E-state index contributed by atoms with van der Waals surface area (Å²) in [5.41, 5.74) is 1.42. The number of likely N-dealkylation sites (N-methyl/N-ethyl adjacent to an activating group) is 1. The minimum atomic E-state index is -0.901. The van der Waals surface area contributed by atoms with E-state index in [9.17, 15) is 9.90 Å². The van der Waals surface area contributed by atoms with Gasteiger partial charge in [-0.1, -0.05) is 6.92 Å². The Morgan fingerprint density at radius 2 is 2.12 bits per heavy atom. The molecule has 3 heterocycles. The smallest absolute Gasteiger partial charge is 0.257 e. The Bertz CT molecular complexity index is 755. The molecule has 1 aliphatic heterocycles. The molecule has 1 fully saturated rings. The zero-order chi connectivity index (χ0) is 18.6. The van der Waals surface area contributed by atoms with Crippen LogP contribution in [0, 0.1) is 6.92 Å². The third-order valence-electron chi connectivity index (χ3n) is 4.88. The van der Waals surface area contributed by atoms with Crippen molar-refractivity contribution in [3.8, 4) is 0 Å². The number of aromatic nitrogens is 3. The van der Waals surface area contributed by atoms with Gasteiger partial charge < -0.3 is 10.0 Å². The number of rotatable bonds is 6. The molecule has 0 bridgehead atoms. The summed E-state index contributed by atoms with van der Waals surface area (Å²) in [6.07, 6.45) is 7.10. The average Bonchev–Trinajstić information content (AvgIpc) is 3.04. The van der Waals surface area contributed by atoms with Crippen LogP contribution < -0.4 is 0 Å². The van der Waals surface area contributed by atoms with Gasteiger partial charge in [-0.15, -0.1) is 0 Å². The highest BCUT2D eigenvalue weighted by Crippen LogP contribution is 2.25. The molecule has 26 heavy (non-hydrogen) atoms. The first-order chi connectivity index (χ1) is 12.5. The van der Waals surface area contributed by atoms with Crippen LogP contribution in [0.3, 0.4) is 0 Å². The maximum absolute atomic E-state index is 12.7. The first-order valence-electron chi connectivity index (χ1n) is 8.90. The molecule has 1 atom stereocenters. The van der Waals surface area contributed by atoms with Crippen LogP contribution in [-0.2, 0) is 6.54 Å². The van der Waals surface area contributed by atoms with Crippen molar-refractivity contribution < 1.29 is 9.90 Å². The van der Waals surface area contributed by atoms with Crippen LogP contribution in [0.25, 0.3) is 0 Å². The van der Waals surface area contributed by atoms with Crippen molar-refractivity contribution in [1.82, 2.24) is 24.8 Å². The highest BCUT2D eigenvalue weighted by Gasteiger charge is 2.39. The summed E-state index contributed by atoms with van der Waals surface area (Å²) in [5.74, 6) is -0.115.